The highest BCUT2D eigenvalue weighted by molar-refractivity contribution is 5.47. The maximum Gasteiger partial charge on any atom is 0.229 e. The summed E-state index contributed by atoms with van der Waals surface area (Å²) in [6.07, 6.45) is 2.03. The summed E-state index contributed by atoms with van der Waals surface area (Å²) < 4.78 is 5.03. The van der Waals surface area contributed by atoms with Crippen molar-refractivity contribution >= 4 is 0 Å². The smallest absolute Gasteiger partial charge is 0.229 e. The molecule has 4 N–H and O–H groups in total. The SMILES string of the molecule is CC(O)(CN)Cc1nc(-c2ccc[nH]2)no1. The zero-order valence-electron chi connectivity index (χ0n) is 8.97. The summed E-state index contributed by atoms with van der Waals surface area (Å²) in [6, 6.07) is 3.69. The number of hydrogen-bond acceptors (Lipinski definition) is 5. The van der Waals surface area contributed by atoms with Crippen molar-refractivity contribution in [2.75, 3.05) is 6.54 Å². The van der Waals surface area contributed by atoms with E-state index >= 15 is 0 Å². The van der Waals surface area contributed by atoms with Crippen LogP contribution >= 0.6 is 0 Å². The average molecular weight is 222 g/mol. The van der Waals surface area contributed by atoms with Crippen molar-refractivity contribution in [2.45, 2.75) is 18.9 Å². The lowest BCUT2D eigenvalue weighted by atomic mass is 10.0. The molecule has 0 bridgehead atoms. The van der Waals surface area contributed by atoms with Gasteiger partial charge in [0.1, 0.15) is 0 Å². The summed E-state index contributed by atoms with van der Waals surface area (Å²) in [4.78, 5) is 7.13. The normalized spacial score (nSPS) is 14.9. The van der Waals surface area contributed by atoms with Gasteiger partial charge in [-0.3, -0.25) is 0 Å². The maximum atomic E-state index is 9.76. The van der Waals surface area contributed by atoms with Crippen LogP contribution in [-0.4, -0.2) is 32.4 Å². The molecule has 2 aromatic heterocycles. The van der Waals surface area contributed by atoms with Crippen molar-refractivity contribution in [2.24, 2.45) is 5.73 Å². The Hall–Kier alpha value is -1.66. The molecule has 0 saturated heterocycles. The number of aliphatic hydroxyl groups is 1. The predicted octanol–water partition coefficient (Wildman–Crippen LogP) is 0.317. The largest absolute Gasteiger partial charge is 0.388 e. The van der Waals surface area contributed by atoms with E-state index in [1.807, 2.05) is 12.1 Å². The molecule has 0 aliphatic heterocycles. The van der Waals surface area contributed by atoms with Gasteiger partial charge in [0.05, 0.1) is 17.7 Å². The Morgan fingerprint density at radius 1 is 1.62 bits per heavy atom. The Morgan fingerprint density at radius 3 is 3.06 bits per heavy atom. The van der Waals surface area contributed by atoms with Crippen LogP contribution in [0.3, 0.4) is 0 Å². The molecule has 0 aliphatic carbocycles. The molecule has 6 heteroatoms. The third kappa shape index (κ3) is 2.29. The Balaban J connectivity index is 2.14. The number of aromatic amines is 1. The van der Waals surface area contributed by atoms with E-state index in [1.54, 1.807) is 13.1 Å². The molecule has 0 fully saturated rings. The van der Waals surface area contributed by atoms with Crippen LogP contribution in [0.4, 0.5) is 0 Å². The summed E-state index contributed by atoms with van der Waals surface area (Å²) in [6.45, 7) is 1.78. The van der Waals surface area contributed by atoms with Gasteiger partial charge < -0.3 is 20.3 Å². The van der Waals surface area contributed by atoms with Gasteiger partial charge in [-0.2, -0.15) is 4.98 Å². The number of nitrogens with two attached hydrogens (primary N) is 1. The van der Waals surface area contributed by atoms with Crippen LogP contribution in [0.25, 0.3) is 11.5 Å². The van der Waals surface area contributed by atoms with Crippen LogP contribution in [0, 0.1) is 0 Å². The van der Waals surface area contributed by atoms with Gasteiger partial charge in [-0.25, -0.2) is 0 Å². The van der Waals surface area contributed by atoms with E-state index < -0.39 is 5.60 Å². The quantitative estimate of drug-likeness (QED) is 0.691. The van der Waals surface area contributed by atoms with Gasteiger partial charge in [-0.05, 0) is 19.1 Å². The van der Waals surface area contributed by atoms with Gasteiger partial charge >= 0.3 is 0 Å². The lowest BCUT2D eigenvalue weighted by Gasteiger charge is -2.17. The molecule has 0 aromatic carbocycles. The van der Waals surface area contributed by atoms with Crippen LogP contribution in [0.2, 0.25) is 0 Å². The lowest BCUT2D eigenvalue weighted by molar-refractivity contribution is 0.0610. The Labute approximate surface area is 92.5 Å². The fourth-order valence-corrected chi connectivity index (χ4v) is 1.30. The van der Waals surface area contributed by atoms with E-state index in [0.717, 1.165) is 5.69 Å². The number of aromatic nitrogens is 3. The summed E-state index contributed by atoms with van der Waals surface area (Å²) in [5, 5.41) is 13.6. The minimum atomic E-state index is -1.01. The molecule has 6 nitrogen and oxygen atoms in total. The average Bonchev–Trinajstić information content (AvgIpc) is 2.86. The van der Waals surface area contributed by atoms with Crippen molar-refractivity contribution in [3.63, 3.8) is 0 Å². The highest BCUT2D eigenvalue weighted by Gasteiger charge is 2.22. The van der Waals surface area contributed by atoms with Gasteiger partial charge in [0, 0.05) is 12.7 Å². The monoisotopic (exact) mass is 222 g/mol. The molecule has 1 atom stereocenters. The minimum absolute atomic E-state index is 0.146. The fraction of sp³-hybridized carbons (Fsp3) is 0.400. The molecule has 0 aliphatic rings. The molecular formula is C10H14N4O2. The van der Waals surface area contributed by atoms with E-state index in [9.17, 15) is 5.11 Å². The second kappa shape index (κ2) is 4.07. The van der Waals surface area contributed by atoms with Crippen molar-refractivity contribution in [3.05, 3.63) is 24.2 Å². The molecule has 0 radical (unpaired) electrons. The molecule has 86 valence electrons. The second-order valence-electron chi connectivity index (χ2n) is 3.97. The molecule has 2 rings (SSSR count). The van der Waals surface area contributed by atoms with Crippen LogP contribution in [0.15, 0.2) is 22.9 Å². The molecule has 1 unspecified atom stereocenters. The molecule has 0 amide bonds. The summed E-state index contributed by atoms with van der Waals surface area (Å²) in [5.41, 5.74) is 5.18. The standard InChI is InChI=1S/C10H14N4O2/c1-10(15,6-11)5-8-13-9(14-16-8)7-3-2-4-12-7/h2-4,12,15H,5-6,11H2,1H3. The summed E-state index contributed by atoms with van der Waals surface area (Å²) in [7, 11) is 0. The highest BCUT2D eigenvalue weighted by Crippen LogP contribution is 2.15. The number of hydrogen-bond donors (Lipinski definition) is 3. The number of H-pyrrole nitrogens is 1. The van der Waals surface area contributed by atoms with E-state index in [4.69, 9.17) is 10.3 Å². The maximum absolute atomic E-state index is 9.76. The zero-order valence-corrected chi connectivity index (χ0v) is 8.97. The van der Waals surface area contributed by atoms with E-state index in [2.05, 4.69) is 15.1 Å². The molecular weight excluding hydrogens is 208 g/mol. The van der Waals surface area contributed by atoms with Crippen LogP contribution < -0.4 is 5.73 Å². The molecule has 16 heavy (non-hydrogen) atoms. The van der Waals surface area contributed by atoms with Crippen molar-refractivity contribution < 1.29 is 9.63 Å². The Morgan fingerprint density at radius 2 is 2.44 bits per heavy atom. The van der Waals surface area contributed by atoms with Crippen LogP contribution in [0.5, 0.6) is 0 Å². The van der Waals surface area contributed by atoms with Crippen LogP contribution in [0.1, 0.15) is 12.8 Å². The highest BCUT2D eigenvalue weighted by atomic mass is 16.5. The van der Waals surface area contributed by atoms with E-state index in [0.29, 0.717) is 11.7 Å². The fourth-order valence-electron chi connectivity index (χ4n) is 1.30. The van der Waals surface area contributed by atoms with Gasteiger partial charge in [0.15, 0.2) is 0 Å². The molecule has 2 aromatic rings. The zero-order chi connectivity index (χ0) is 11.6. The molecule has 0 saturated carbocycles. The van der Waals surface area contributed by atoms with Crippen molar-refractivity contribution in [1.29, 1.82) is 0 Å². The number of rotatable bonds is 4. The second-order valence-corrected chi connectivity index (χ2v) is 3.97. The summed E-state index contributed by atoms with van der Waals surface area (Å²) >= 11 is 0. The topological polar surface area (TPSA) is 101 Å². The van der Waals surface area contributed by atoms with Gasteiger partial charge in [0.2, 0.25) is 11.7 Å². The van der Waals surface area contributed by atoms with Gasteiger partial charge in [0.25, 0.3) is 0 Å². The Kier molecular flexibility index (Phi) is 2.76. The third-order valence-electron chi connectivity index (χ3n) is 2.28. The first-order valence-corrected chi connectivity index (χ1v) is 4.99. The molecule has 0 spiro atoms. The van der Waals surface area contributed by atoms with Crippen molar-refractivity contribution in [1.82, 2.24) is 15.1 Å². The van der Waals surface area contributed by atoms with E-state index in [-0.39, 0.29) is 13.0 Å². The number of nitrogens with zero attached hydrogens (tertiary/aromatic N) is 2. The third-order valence-corrected chi connectivity index (χ3v) is 2.28. The first-order valence-electron chi connectivity index (χ1n) is 4.99. The first kappa shape index (κ1) is 10.8. The summed E-state index contributed by atoms with van der Waals surface area (Å²) in [5.74, 6) is 0.855. The van der Waals surface area contributed by atoms with Gasteiger partial charge in [-0.1, -0.05) is 5.16 Å². The van der Waals surface area contributed by atoms with E-state index in [1.165, 1.54) is 0 Å². The molecule has 2 heterocycles. The Bertz CT molecular complexity index is 447. The van der Waals surface area contributed by atoms with Crippen LogP contribution in [-0.2, 0) is 6.42 Å². The van der Waals surface area contributed by atoms with Crippen molar-refractivity contribution in [3.8, 4) is 11.5 Å². The number of nitrogens with one attached hydrogen (secondary N) is 1. The minimum Gasteiger partial charge on any atom is -0.388 e. The lowest BCUT2D eigenvalue weighted by Crippen LogP contribution is -2.36. The predicted molar refractivity (Wildman–Crippen MR) is 57.5 cm³/mol. The first-order chi connectivity index (χ1) is 7.61. The van der Waals surface area contributed by atoms with Gasteiger partial charge in [-0.15, -0.1) is 0 Å².